The summed E-state index contributed by atoms with van der Waals surface area (Å²) in [6, 6.07) is 13.3. The first-order chi connectivity index (χ1) is 14.3. The van der Waals surface area contributed by atoms with Crippen LogP contribution in [0.3, 0.4) is 0 Å². The number of benzene rings is 1. The number of alkyl carbamates (subject to hydrolysis) is 1. The number of pyridine rings is 1. The average Bonchev–Trinajstić information content (AvgIpc) is 3.02. The lowest BCUT2D eigenvalue weighted by Crippen LogP contribution is -2.46. The molecule has 0 spiro atoms. The van der Waals surface area contributed by atoms with Crippen molar-refractivity contribution in [2.24, 2.45) is 12.5 Å². The number of amides is 1. The summed E-state index contributed by atoms with van der Waals surface area (Å²) in [5.41, 5.74) is 3.85. The number of aromatic amines is 1. The van der Waals surface area contributed by atoms with Crippen molar-refractivity contribution in [2.45, 2.75) is 39.3 Å². The van der Waals surface area contributed by atoms with E-state index < -0.39 is 6.09 Å². The zero-order valence-electron chi connectivity index (χ0n) is 17.4. The molecular formula is C23H28N4O3. The third kappa shape index (κ3) is 4.01. The van der Waals surface area contributed by atoms with E-state index in [0.717, 1.165) is 23.3 Å². The lowest BCUT2D eigenvalue weighted by Gasteiger charge is -2.38. The Morgan fingerprint density at radius 3 is 2.83 bits per heavy atom. The Bertz CT molecular complexity index is 1160. The van der Waals surface area contributed by atoms with Gasteiger partial charge in [-0.25, -0.2) is 14.6 Å². The van der Waals surface area contributed by atoms with Gasteiger partial charge in [0.25, 0.3) is 0 Å². The van der Waals surface area contributed by atoms with Gasteiger partial charge in [-0.3, -0.25) is 4.57 Å². The molecule has 2 N–H and O–H groups in total. The molecule has 4 rings (SSSR count). The molecule has 7 heteroatoms. The van der Waals surface area contributed by atoms with Crippen LogP contribution in [0.25, 0.3) is 16.7 Å². The number of allylic oxidation sites excluding steroid dienone is 1. The monoisotopic (exact) mass is 408 g/mol. The van der Waals surface area contributed by atoms with Gasteiger partial charge in [0.15, 0.2) is 5.65 Å². The van der Waals surface area contributed by atoms with E-state index in [1.54, 1.807) is 7.05 Å². The molecule has 0 saturated carbocycles. The fourth-order valence-corrected chi connectivity index (χ4v) is 3.75. The van der Waals surface area contributed by atoms with E-state index in [0.29, 0.717) is 17.6 Å². The van der Waals surface area contributed by atoms with Crippen molar-refractivity contribution in [3.63, 3.8) is 0 Å². The fraction of sp³-hybridized carbons (Fsp3) is 0.348. The Morgan fingerprint density at radius 1 is 1.30 bits per heavy atom. The average molecular weight is 409 g/mol. The number of H-pyrrole nitrogens is 1. The van der Waals surface area contributed by atoms with Crippen LogP contribution in [0.15, 0.2) is 53.3 Å². The lowest BCUT2D eigenvalue weighted by atomic mass is 9.73. The summed E-state index contributed by atoms with van der Waals surface area (Å²) in [5, 5.41) is 3.04. The van der Waals surface area contributed by atoms with Crippen LogP contribution < -0.4 is 11.0 Å². The first-order valence-electron chi connectivity index (χ1n) is 10.1. The van der Waals surface area contributed by atoms with Crippen LogP contribution in [0, 0.1) is 5.41 Å². The summed E-state index contributed by atoms with van der Waals surface area (Å²) < 4.78 is 6.92. The highest BCUT2D eigenvalue weighted by Crippen LogP contribution is 2.38. The van der Waals surface area contributed by atoms with Crippen molar-refractivity contribution in [2.75, 3.05) is 0 Å². The normalized spacial score (nSPS) is 18.1. The van der Waals surface area contributed by atoms with Gasteiger partial charge in [-0.1, -0.05) is 50.3 Å². The number of aromatic nitrogens is 3. The maximum atomic E-state index is 12.4. The van der Waals surface area contributed by atoms with Gasteiger partial charge >= 0.3 is 11.8 Å². The second-order valence-electron chi connectivity index (χ2n) is 8.44. The standard InChI is InChI=1S/C23H26N4O3.H2/c1-23(2)12-11-16(17-9-10-18-20(24-17)27(3)21(28)25-18)13-19(23)26-22(29)30-14-15-7-5-4-6-8-15;/h4-11,19H,12-14H2,1-3H3,(H,25,28)(H,26,29);1H. The Kier molecular flexibility index (Phi) is 5.20. The molecule has 0 fully saturated rings. The molecule has 1 unspecified atom stereocenters. The molecule has 3 aromatic rings. The number of fused-ring (bicyclic) bond motifs is 1. The third-order valence-corrected chi connectivity index (χ3v) is 5.81. The maximum absolute atomic E-state index is 12.4. The molecule has 30 heavy (non-hydrogen) atoms. The molecule has 1 amide bonds. The third-order valence-electron chi connectivity index (χ3n) is 5.81. The molecule has 2 aromatic heterocycles. The Hall–Kier alpha value is -3.35. The van der Waals surface area contributed by atoms with Crippen molar-refractivity contribution in [1.82, 2.24) is 19.9 Å². The van der Waals surface area contributed by atoms with Gasteiger partial charge in [0.05, 0.1) is 11.2 Å². The van der Waals surface area contributed by atoms with Gasteiger partial charge in [-0.2, -0.15) is 0 Å². The molecule has 1 atom stereocenters. The number of ether oxygens (including phenoxy) is 1. The zero-order valence-corrected chi connectivity index (χ0v) is 17.4. The molecule has 0 bridgehead atoms. The highest BCUT2D eigenvalue weighted by Gasteiger charge is 2.35. The molecule has 0 saturated heterocycles. The molecular weight excluding hydrogens is 380 g/mol. The van der Waals surface area contributed by atoms with Gasteiger partial charge in [0.1, 0.15) is 6.61 Å². The van der Waals surface area contributed by atoms with Crippen molar-refractivity contribution in [3.8, 4) is 0 Å². The minimum Gasteiger partial charge on any atom is -0.445 e. The summed E-state index contributed by atoms with van der Waals surface area (Å²) >= 11 is 0. The highest BCUT2D eigenvalue weighted by molar-refractivity contribution is 5.76. The minimum absolute atomic E-state index is 0. The Balaban J connectivity index is 0.00000272. The van der Waals surface area contributed by atoms with Crippen LogP contribution in [-0.2, 0) is 18.4 Å². The number of carbonyl (C=O) groups excluding carboxylic acids is 1. The number of aryl methyl sites for hydroxylation is 1. The van der Waals surface area contributed by atoms with E-state index in [2.05, 4.69) is 35.2 Å². The molecule has 158 valence electrons. The predicted octanol–water partition coefficient (Wildman–Crippen LogP) is 4.01. The predicted molar refractivity (Wildman–Crippen MR) is 118 cm³/mol. The number of nitrogens with one attached hydrogen (secondary N) is 2. The van der Waals surface area contributed by atoms with Gasteiger partial charge in [0.2, 0.25) is 0 Å². The van der Waals surface area contributed by atoms with E-state index in [1.165, 1.54) is 4.57 Å². The quantitative estimate of drug-likeness (QED) is 0.683. The van der Waals surface area contributed by atoms with Crippen LogP contribution >= 0.6 is 0 Å². The largest absolute Gasteiger partial charge is 0.445 e. The van der Waals surface area contributed by atoms with E-state index in [4.69, 9.17) is 4.74 Å². The molecule has 0 radical (unpaired) electrons. The summed E-state index contributed by atoms with van der Waals surface area (Å²) in [6.45, 7) is 4.51. The van der Waals surface area contributed by atoms with Crippen LogP contribution in [0.2, 0.25) is 0 Å². The molecule has 1 aromatic carbocycles. The Morgan fingerprint density at radius 2 is 2.07 bits per heavy atom. The van der Waals surface area contributed by atoms with Crippen molar-refractivity contribution in [3.05, 3.63) is 70.3 Å². The van der Waals surface area contributed by atoms with Gasteiger partial charge in [-0.15, -0.1) is 0 Å². The zero-order chi connectivity index (χ0) is 21.3. The molecule has 7 nitrogen and oxygen atoms in total. The van der Waals surface area contributed by atoms with Gasteiger partial charge in [0, 0.05) is 14.5 Å². The second kappa shape index (κ2) is 7.82. The maximum Gasteiger partial charge on any atom is 0.407 e. The lowest BCUT2D eigenvalue weighted by molar-refractivity contribution is 0.123. The van der Waals surface area contributed by atoms with E-state index in [9.17, 15) is 9.59 Å². The van der Waals surface area contributed by atoms with Gasteiger partial charge in [-0.05, 0) is 41.5 Å². The number of carbonyl (C=O) groups is 1. The molecule has 0 aliphatic heterocycles. The summed E-state index contributed by atoms with van der Waals surface area (Å²) in [7, 11) is 1.70. The van der Waals surface area contributed by atoms with Crippen LogP contribution in [-0.4, -0.2) is 26.7 Å². The van der Waals surface area contributed by atoms with E-state index in [1.807, 2.05) is 42.5 Å². The molecule has 1 aliphatic carbocycles. The SMILES string of the molecule is Cn1c(=O)[nH]c2ccc(C3=CCC(C)(C)C(NC(=O)OCc4ccccc4)C3)nc21.[HH]. The number of nitrogens with zero attached hydrogens (tertiary/aromatic N) is 2. The number of hydrogen-bond donors (Lipinski definition) is 2. The van der Waals surface area contributed by atoms with Gasteiger partial charge < -0.3 is 15.0 Å². The summed E-state index contributed by atoms with van der Waals surface area (Å²) in [5.74, 6) is 0. The van der Waals surface area contributed by atoms with Crippen LogP contribution in [0.5, 0.6) is 0 Å². The van der Waals surface area contributed by atoms with Crippen LogP contribution in [0.4, 0.5) is 4.79 Å². The van der Waals surface area contributed by atoms with E-state index in [-0.39, 0.29) is 25.2 Å². The second-order valence-corrected chi connectivity index (χ2v) is 8.44. The highest BCUT2D eigenvalue weighted by atomic mass is 16.5. The minimum atomic E-state index is -0.422. The first kappa shape index (κ1) is 19.9. The first-order valence-corrected chi connectivity index (χ1v) is 10.1. The Labute approximate surface area is 176 Å². The fourth-order valence-electron chi connectivity index (χ4n) is 3.75. The van der Waals surface area contributed by atoms with Crippen LogP contribution in [0.1, 0.15) is 39.4 Å². The number of imidazole rings is 1. The molecule has 1 aliphatic rings. The smallest absolute Gasteiger partial charge is 0.407 e. The van der Waals surface area contributed by atoms with Crippen molar-refractivity contribution < 1.29 is 11.0 Å². The number of hydrogen-bond acceptors (Lipinski definition) is 4. The molecule has 2 heterocycles. The number of rotatable bonds is 4. The summed E-state index contributed by atoms with van der Waals surface area (Å²) in [6.07, 6.45) is 3.20. The summed E-state index contributed by atoms with van der Waals surface area (Å²) in [4.78, 5) is 31.7. The van der Waals surface area contributed by atoms with E-state index >= 15 is 0 Å². The van der Waals surface area contributed by atoms with Crippen molar-refractivity contribution in [1.29, 1.82) is 0 Å². The topological polar surface area (TPSA) is 89.0 Å². The van der Waals surface area contributed by atoms with Crippen molar-refractivity contribution >= 4 is 22.8 Å².